The summed E-state index contributed by atoms with van der Waals surface area (Å²) in [6.45, 7) is 2.46. The van der Waals surface area contributed by atoms with E-state index in [4.69, 9.17) is 14.2 Å². The van der Waals surface area contributed by atoms with Crippen LogP contribution in [0.4, 0.5) is 0 Å². The lowest BCUT2D eigenvalue weighted by molar-refractivity contribution is 0.0200. The molecule has 2 unspecified atom stereocenters. The zero-order chi connectivity index (χ0) is 14.4. The molecule has 1 aromatic rings. The molecule has 20 heavy (non-hydrogen) atoms. The fraction of sp³-hybridized carbons (Fsp3) is 0.562. The van der Waals surface area contributed by atoms with E-state index >= 15 is 0 Å². The summed E-state index contributed by atoms with van der Waals surface area (Å²) in [5.41, 5.74) is 0.596. The van der Waals surface area contributed by atoms with Gasteiger partial charge in [0.2, 0.25) is 0 Å². The molecule has 0 bridgehead atoms. The zero-order valence-electron chi connectivity index (χ0n) is 12.1. The van der Waals surface area contributed by atoms with Crippen LogP contribution in [-0.2, 0) is 4.74 Å². The Kier molecular flexibility index (Phi) is 5.41. The summed E-state index contributed by atoms with van der Waals surface area (Å²) in [7, 11) is 1.75. The molecule has 2 rings (SSSR count). The van der Waals surface area contributed by atoms with E-state index in [0.717, 1.165) is 32.0 Å². The summed E-state index contributed by atoms with van der Waals surface area (Å²) in [5, 5.41) is 0. The van der Waals surface area contributed by atoms with Gasteiger partial charge < -0.3 is 14.2 Å². The van der Waals surface area contributed by atoms with Gasteiger partial charge in [-0.05, 0) is 44.4 Å². The van der Waals surface area contributed by atoms with Gasteiger partial charge in [-0.15, -0.1) is 0 Å². The fourth-order valence-electron chi connectivity index (χ4n) is 2.57. The van der Waals surface area contributed by atoms with Gasteiger partial charge in [0.05, 0.1) is 12.7 Å². The molecule has 0 amide bonds. The van der Waals surface area contributed by atoms with Crippen LogP contribution in [-0.4, -0.2) is 32.2 Å². The lowest BCUT2D eigenvalue weighted by Crippen LogP contribution is -2.29. The highest BCUT2D eigenvalue weighted by atomic mass is 16.5. The third kappa shape index (κ3) is 3.73. The molecule has 110 valence electrons. The molecule has 0 saturated heterocycles. The van der Waals surface area contributed by atoms with Gasteiger partial charge in [0.1, 0.15) is 12.4 Å². The van der Waals surface area contributed by atoms with Crippen LogP contribution in [0, 0.1) is 0 Å². The Morgan fingerprint density at radius 1 is 1.25 bits per heavy atom. The smallest absolute Gasteiger partial charge is 0.161 e. The first kappa shape index (κ1) is 14.9. The van der Waals surface area contributed by atoms with Crippen LogP contribution in [0.1, 0.15) is 43.0 Å². The average molecular weight is 278 g/mol. The maximum absolute atomic E-state index is 10.8. The van der Waals surface area contributed by atoms with E-state index in [1.807, 2.05) is 13.0 Å². The topological polar surface area (TPSA) is 44.8 Å². The number of aldehydes is 1. The molecule has 1 aliphatic rings. The predicted octanol–water partition coefficient (Wildman–Crippen LogP) is 3.23. The second-order valence-corrected chi connectivity index (χ2v) is 5.02. The van der Waals surface area contributed by atoms with Crippen molar-refractivity contribution in [2.24, 2.45) is 0 Å². The van der Waals surface area contributed by atoms with Gasteiger partial charge in [0.25, 0.3) is 0 Å². The van der Waals surface area contributed by atoms with Crippen molar-refractivity contribution < 1.29 is 19.0 Å². The van der Waals surface area contributed by atoms with Crippen molar-refractivity contribution in [1.82, 2.24) is 0 Å². The summed E-state index contributed by atoms with van der Waals surface area (Å²) < 4.78 is 17.0. The third-order valence-electron chi connectivity index (χ3n) is 3.61. The Balaban J connectivity index is 2.09. The molecular formula is C16H22O4. The van der Waals surface area contributed by atoms with Gasteiger partial charge in [-0.1, -0.05) is 0 Å². The van der Waals surface area contributed by atoms with E-state index in [-0.39, 0.29) is 12.2 Å². The molecule has 2 atom stereocenters. The second-order valence-electron chi connectivity index (χ2n) is 5.02. The molecule has 0 radical (unpaired) electrons. The third-order valence-corrected chi connectivity index (χ3v) is 3.61. The van der Waals surface area contributed by atoms with Crippen LogP contribution < -0.4 is 9.47 Å². The molecule has 4 nitrogen and oxygen atoms in total. The highest BCUT2D eigenvalue weighted by molar-refractivity contribution is 5.76. The Hall–Kier alpha value is -1.55. The fourth-order valence-corrected chi connectivity index (χ4v) is 2.57. The minimum atomic E-state index is 0.148. The molecule has 1 fully saturated rings. The minimum Gasteiger partial charge on any atom is -0.490 e. The molecule has 1 saturated carbocycles. The van der Waals surface area contributed by atoms with Crippen molar-refractivity contribution >= 4 is 6.29 Å². The van der Waals surface area contributed by atoms with Crippen molar-refractivity contribution in [3.8, 4) is 11.5 Å². The van der Waals surface area contributed by atoms with Gasteiger partial charge in [-0.3, -0.25) is 4.79 Å². The van der Waals surface area contributed by atoms with Crippen LogP contribution in [0.2, 0.25) is 0 Å². The number of benzene rings is 1. The second kappa shape index (κ2) is 7.29. The number of carbonyl (C=O) groups excluding carboxylic acids is 1. The van der Waals surface area contributed by atoms with E-state index < -0.39 is 0 Å². The van der Waals surface area contributed by atoms with Gasteiger partial charge in [-0.25, -0.2) is 0 Å². The lowest BCUT2D eigenvalue weighted by atomic mass is 9.95. The first-order chi connectivity index (χ1) is 9.76. The molecule has 0 spiro atoms. The highest BCUT2D eigenvalue weighted by Crippen LogP contribution is 2.32. The Bertz CT molecular complexity index is 444. The number of carbonyl (C=O) groups is 1. The first-order valence-corrected chi connectivity index (χ1v) is 7.18. The minimum absolute atomic E-state index is 0.148. The summed E-state index contributed by atoms with van der Waals surface area (Å²) in [4.78, 5) is 10.8. The van der Waals surface area contributed by atoms with Crippen molar-refractivity contribution in [2.75, 3.05) is 13.7 Å². The van der Waals surface area contributed by atoms with Crippen LogP contribution in [0.5, 0.6) is 11.5 Å². The van der Waals surface area contributed by atoms with Crippen LogP contribution in [0.25, 0.3) is 0 Å². The molecule has 1 aromatic carbocycles. The quantitative estimate of drug-likeness (QED) is 0.749. The molecule has 1 aliphatic carbocycles. The summed E-state index contributed by atoms with van der Waals surface area (Å²) in [5.74, 6) is 1.34. The summed E-state index contributed by atoms with van der Waals surface area (Å²) in [6, 6.07) is 5.29. The molecular weight excluding hydrogens is 256 g/mol. The van der Waals surface area contributed by atoms with Crippen molar-refractivity contribution in [1.29, 1.82) is 0 Å². The normalized spacial score (nSPS) is 22.3. The Morgan fingerprint density at radius 2 is 2.05 bits per heavy atom. The highest BCUT2D eigenvalue weighted by Gasteiger charge is 2.24. The average Bonchev–Trinajstić information content (AvgIpc) is 2.49. The first-order valence-electron chi connectivity index (χ1n) is 7.18. The van der Waals surface area contributed by atoms with Crippen LogP contribution >= 0.6 is 0 Å². The van der Waals surface area contributed by atoms with Crippen molar-refractivity contribution in [3.05, 3.63) is 23.8 Å². The van der Waals surface area contributed by atoms with Crippen molar-refractivity contribution in [3.63, 3.8) is 0 Å². The number of ether oxygens (including phenoxy) is 3. The molecule has 0 aliphatic heterocycles. The van der Waals surface area contributed by atoms with Gasteiger partial charge in [0.15, 0.2) is 11.5 Å². The van der Waals surface area contributed by atoms with Crippen LogP contribution in [0.3, 0.4) is 0 Å². The summed E-state index contributed by atoms with van der Waals surface area (Å²) >= 11 is 0. The number of hydrogen-bond acceptors (Lipinski definition) is 4. The van der Waals surface area contributed by atoms with Crippen LogP contribution in [0.15, 0.2) is 18.2 Å². The van der Waals surface area contributed by atoms with E-state index in [9.17, 15) is 4.79 Å². The zero-order valence-corrected chi connectivity index (χ0v) is 12.1. The predicted molar refractivity (Wildman–Crippen MR) is 76.7 cm³/mol. The Morgan fingerprint density at radius 3 is 2.75 bits per heavy atom. The maximum atomic E-state index is 10.8. The number of hydrogen-bond donors (Lipinski definition) is 0. The monoisotopic (exact) mass is 278 g/mol. The van der Waals surface area contributed by atoms with Gasteiger partial charge in [-0.2, -0.15) is 0 Å². The largest absolute Gasteiger partial charge is 0.490 e. The van der Waals surface area contributed by atoms with Gasteiger partial charge >= 0.3 is 0 Å². The standard InChI is InChI=1S/C16H22O4/c1-3-19-16-9-12(11-17)7-8-15(16)20-14-6-4-5-13(10-14)18-2/h7-9,11,13-14H,3-6,10H2,1-2H3. The summed E-state index contributed by atoms with van der Waals surface area (Å²) in [6.07, 6.45) is 5.37. The molecule has 4 heteroatoms. The van der Waals surface area contributed by atoms with Crippen molar-refractivity contribution in [2.45, 2.75) is 44.8 Å². The lowest BCUT2D eigenvalue weighted by Gasteiger charge is -2.29. The Labute approximate surface area is 120 Å². The molecule has 0 heterocycles. The number of rotatable bonds is 6. The van der Waals surface area contributed by atoms with E-state index in [2.05, 4.69) is 0 Å². The van der Waals surface area contributed by atoms with Gasteiger partial charge in [0, 0.05) is 19.1 Å². The van der Waals surface area contributed by atoms with E-state index in [0.29, 0.717) is 23.7 Å². The molecule has 0 aromatic heterocycles. The maximum Gasteiger partial charge on any atom is 0.161 e. The van der Waals surface area contributed by atoms with E-state index in [1.165, 1.54) is 0 Å². The SMILES string of the molecule is CCOc1cc(C=O)ccc1OC1CCCC(OC)C1. The number of methoxy groups -OCH3 is 1. The van der Waals surface area contributed by atoms with E-state index in [1.54, 1.807) is 19.2 Å². The molecule has 0 N–H and O–H groups in total.